The zero-order valence-electron chi connectivity index (χ0n) is 10.7. The molecular formula is C14H19ClN2O. The van der Waals surface area contributed by atoms with E-state index in [-0.39, 0.29) is 0 Å². The number of nitriles is 1. The van der Waals surface area contributed by atoms with Crippen molar-refractivity contribution in [2.24, 2.45) is 0 Å². The van der Waals surface area contributed by atoms with Crippen molar-refractivity contribution in [3.63, 3.8) is 0 Å². The molecule has 0 aliphatic heterocycles. The zero-order valence-corrected chi connectivity index (χ0v) is 11.5. The highest BCUT2D eigenvalue weighted by atomic mass is 35.5. The molecule has 0 heterocycles. The molecule has 0 aromatic heterocycles. The van der Waals surface area contributed by atoms with E-state index in [1.165, 1.54) is 0 Å². The summed E-state index contributed by atoms with van der Waals surface area (Å²) in [6.45, 7) is 4.43. The Bertz CT molecular complexity index is 401. The van der Waals surface area contributed by atoms with E-state index in [0.717, 1.165) is 31.5 Å². The van der Waals surface area contributed by atoms with E-state index in [4.69, 9.17) is 21.6 Å². The smallest absolute Gasteiger partial charge is 0.137 e. The van der Waals surface area contributed by atoms with E-state index in [1.807, 2.05) is 18.2 Å². The van der Waals surface area contributed by atoms with Gasteiger partial charge in [-0.1, -0.05) is 24.6 Å². The molecule has 0 fully saturated rings. The van der Waals surface area contributed by atoms with Crippen LogP contribution in [0, 0.1) is 11.3 Å². The van der Waals surface area contributed by atoms with Gasteiger partial charge >= 0.3 is 0 Å². The molecule has 1 rings (SSSR count). The van der Waals surface area contributed by atoms with Crippen LogP contribution in [0.5, 0.6) is 5.75 Å². The number of unbranched alkanes of at least 4 members (excludes halogenated alkanes) is 2. The average molecular weight is 267 g/mol. The molecule has 0 bridgehead atoms. The van der Waals surface area contributed by atoms with Crippen molar-refractivity contribution in [1.82, 2.24) is 5.32 Å². The van der Waals surface area contributed by atoms with Crippen molar-refractivity contribution in [1.29, 1.82) is 5.26 Å². The first-order chi connectivity index (χ1) is 8.77. The maximum atomic E-state index is 8.41. The van der Waals surface area contributed by atoms with Crippen LogP contribution in [0.25, 0.3) is 0 Å². The van der Waals surface area contributed by atoms with Gasteiger partial charge in [-0.05, 0) is 37.1 Å². The Balaban J connectivity index is 2.40. The molecule has 0 saturated heterocycles. The summed E-state index contributed by atoms with van der Waals surface area (Å²) in [4.78, 5) is 0. The molecular weight excluding hydrogens is 248 g/mol. The number of nitrogens with one attached hydrogen (secondary N) is 1. The van der Waals surface area contributed by atoms with Gasteiger partial charge in [0.2, 0.25) is 0 Å². The summed E-state index contributed by atoms with van der Waals surface area (Å²) in [5.41, 5.74) is 1.15. The van der Waals surface area contributed by atoms with Gasteiger partial charge in [0.25, 0.3) is 0 Å². The van der Waals surface area contributed by atoms with Crippen LogP contribution in [0.2, 0.25) is 5.02 Å². The molecule has 0 atom stereocenters. The monoisotopic (exact) mass is 266 g/mol. The highest BCUT2D eigenvalue weighted by Gasteiger charge is 2.02. The predicted molar refractivity (Wildman–Crippen MR) is 73.8 cm³/mol. The van der Waals surface area contributed by atoms with Crippen LogP contribution in [-0.4, -0.2) is 13.2 Å². The molecule has 0 aliphatic carbocycles. The fourth-order valence-corrected chi connectivity index (χ4v) is 1.79. The predicted octanol–water partition coefficient (Wildman–Crippen LogP) is 3.52. The topological polar surface area (TPSA) is 45.0 Å². The highest BCUT2D eigenvalue weighted by Crippen LogP contribution is 2.25. The number of benzene rings is 1. The van der Waals surface area contributed by atoms with E-state index >= 15 is 0 Å². The van der Waals surface area contributed by atoms with Gasteiger partial charge in [-0.15, -0.1) is 0 Å². The molecule has 0 spiro atoms. The van der Waals surface area contributed by atoms with Gasteiger partial charge in [-0.3, -0.25) is 0 Å². The van der Waals surface area contributed by atoms with Crippen LogP contribution < -0.4 is 10.1 Å². The Hall–Kier alpha value is -1.24. The number of hydrogen-bond donors (Lipinski definition) is 1. The van der Waals surface area contributed by atoms with Crippen molar-refractivity contribution < 1.29 is 4.74 Å². The van der Waals surface area contributed by atoms with Gasteiger partial charge in [-0.2, -0.15) is 5.26 Å². The van der Waals surface area contributed by atoms with Gasteiger partial charge in [-0.25, -0.2) is 0 Å². The summed E-state index contributed by atoms with van der Waals surface area (Å²) in [5, 5.41) is 12.3. The third kappa shape index (κ3) is 5.39. The van der Waals surface area contributed by atoms with Gasteiger partial charge < -0.3 is 10.1 Å². The maximum absolute atomic E-state index is 8.41. The third-order valence-corrected chi connectivity index (χ3v) is 2.81. The molecule has 3 nitrogen and oxygen atoms in total. The first-order valence-electron chi connectivity index (χ1n) is 6.26. The lowest BCUT2D eigenvalue weighted by Crippen LogP contribution is -2.11. The lowest BCUT2D eigenvalue weighted by atomic mass is 10.2. The summed E-state index contributed by atoms with van der Waals surface area (Å²) >= 11 is 6.14. The van der Waals surface area contributed by atoms with E-state index in [2.05, 4.69) is 18.3 Å². The van der Waals surface area contributed by atoms with E-state index < -0.39 is 0 Å². The molecule has 0 unspecified atom stereocenters. The Morgan fingerprint density at radius 2 is 2.22 bits per heavy atom. The maximum Gasteiger partial charge on any atom is 0.137 e. The minimum absolute atomic E-state index is 0.582. The second kappa shape index (κ2) is 8.79. The van der Waals surface area contributed by atoms with Crippen molar-refractivity contribution in [3.8, 4) is 11.8 Å². The molecule has 18 heavy (non-hydrogen) atoms. The first kappa shape index (κ1) is 14.8. The van der Waals surface area contributed by atoms with E-state index in [0.29, 0.717) is 23.8 Å². The molecule has 0 amide bonds. The molecule has 0 aliphatic rings. The van der Waals surface area contributed by atoms with Crippen LogP contribution in [0.4, 0.5) is 0 Å². The molecule has 4 heteroatoms. The number of ether oxygens (including phenoxy) is 1. The lowest BCUT2D eigenvalue weighted by Gasteiger charge is -2.09. The normalized spacial score (nSPS) is 10.1. The fourth-order valence-electron chi connectivity index (χ4n) is 1.53. The summed E-state index contributed by atoms with van der Waals surface area (Å²) in [6, 6.07) is 7.96. The van der Waals surface area contributed by atoms with Crippen molar-refractivity contribution >= 4 is 11.6 Å². The van der Waals surface area contributed by atoms with Crippen molar-refractivity contribution in [2.45, 2.75) is 32.7 Å². The number of rotatable bonds is 8. The highest BCUT2D eigenvalue weighted by molar-refractivity contribution is 6.32. The van der Waals surface area contributed by atoms with Crippen LogP contribution in [0.15, 0.2) is 18.2 Å². The second-order valence-electron chi connectivity index (χ2n) is 4.01. The molecule has 1 aromatic rings. The summed E-state index contributed by atoms with van der Waals surface area (Å²) in [6.07, 6.45) is 2.33. The van der Waals surface area contributed by atoms with Gasteiger partial charge in [0.05, 0.1) is 17.7 Å². The summed E-state index contributed by atoms with van der Waals surface area (Å²) < 4.78 is 5.58. The van der Waals surface area contributed by atoms with Gasteiger partial charge in [0.15, 0.2) is 0 Å². The quantitative estimate of drug-likeness (QED) is 0.732. The fraction of sp³-hybridized carbons (Fsp3) is 0.500. The molecule has 1 aromatic carbocycles. The van der Waals surface area contributed by atoms with Gasteiger partial charge in [0, 0.05) is 13.0 Å². The first-order valence-corrected chi connectivity index (χ1v) is 6.64. The van der Waals surface area contributed by atoms with Crippen molar-refractivity contribution in [2.75, 3.05) is 13.2 Å². The van der Waals surface area contributed by atoms with Crippen LogP contribution in [0.1, 0.15) is 31.7 Å². The van der Waals surface area contributed by atoms with Gasteiger partial charge in [0.1, 0.15) is 5.75 Å². The van der Waals surface area contributed by atoms with E-state index in [1.54, 1.807) is 0 Å². The van der Waals surface area contributed by atoms with Crippen LogP contribution in [-0.2, 0) is 6.54 Å². The third-order valence-electron chi connectivity index (χ3n) is 2.52. The zero-order chi connectivity index (χ0) is 13.2. The van der Waals surface area contributed by atoms with Crippen LogP contribution in [0.3, 0.4) is 0 Å². The van der Waals surface area contributed by atoms with Crippen LogP contribution >= 0.6 is 11.6 Å². The lowest BCUT2D eigenvalue weighted by molar-refractivity contribution is 0.307. The number of nitrogens with zero attached hydrogens (tertiary/aromatic N) is 1. The second-order valence-corrected chi connectivity index (χ2v) is 4.42. The molecule has 0 radical (unpaired) electrons. The molecule has 98 valence electrons. The number of hydrogen-bond acceptors (Lipinski definition) is 3. The summed E-state index contributed by atoms with van der Waals surface area (Å²) in [5.74, 6) is 0.717. The average Bonchev–Trinajstić information content (AvgIpc) is 2.38. The molecule has 0 saturated carbocycles. The Morgan fingerprint density at radius 1 is 1.39 bits per heavy atom. The number of halogens is 1. The largest absolute Gasteiger partial charge is 0.492 e. The Morgan fingerprint density at radius 3 is 2.89 bits per heavy atom. The minimum atomic E-state index is 0.582. The SMILES string of the molecule is CCNCc1ccc(OCCCCC#N)c(Cl)c1. The summed E-state index contributed by atoms with van der Waals surface area (Å²) in [7, 11) is 0. The van der Waals surface area contributed by atoms with E-state index in [9.17, 15) is 0 Å². The Kier molecular flexibility index (Phi) is 7.24. The standard InChI is InChI=1S/C14H19ClN2O/c1-2-17-11-12-6-7-14(13(15)10-12)18-9-5-3-4-8-16/h6-7,10,17H,2-5,9,11H2,1H3. The minimum Gasteiger partial charge on any atom is -0.492 e. The van der Waals surface area contributed by atoms with Crippen molar-refractivity contribution in [3.05, 3.63) is 28.8 Å². The molecule has 1 N–H and O–H groups in total. The Labute approximate surface area is 114 Å².